The molecule has 0 bridgehead atoms. The summed E-state index contributed by atoms with van der Waals surface area (Å²) in [5.41, 5.74) is 0. The van der Waals surface area contributed by atoms with E-state index in [-0.39, 0.29) is 12.4 Å². The van der Waals surface area contributed by atoms with Gasteiger partial charge < -0.3 is 10.1 Å². The standard InChI is InChI=1S/C9H16FNO.ClH/c10-7-5-9(6-7)11-8-1-3-12-4-2-8;/h7-9,11H,1-6H2;1H. The van der Waals surface area contributed by atoms with Gasteiger partial charge in [0.05, 0.1) is 0 Å². The van der Waals surface area contributed by atoms with E-state index in [9.17, 15) is 4.39 Å². The Morgan fingerprint density at radius 3 is 2.23 bits per heavy atom. The van der Waals surface area contributed by atoms with E-state index in [1.165, 1.54) is 0 Å². The summed E-state index contributed by atoms with van der Waals surface area (Å²) >= 11 is 0. The van der Waals surface area contributed by atoms with E-state index < -0.39 is 6.17 Å². The summed E-state index contributed by atoms with van der Waals surface area (Å²) in [5.74, 6) is 0. The van der Waals surface area contributed by atoms with E-state index in [1.807, 2.05) is 0 Å². The molecule has 1 aliphatic heterocycles. The van der Waals surface area contributed by atoms with Gasteiger partial charge in [-0.3, -0.25) is 0 Å². The first-order chi connectivity index (χ1) is 5.84. The normalized spacial score (nSPS) is 34.8. The zero-order valence-corrected chi connectivity index (χ0v) is 8.49. The van der Waals surface area contributed by atoms with E-state index in [1.54, 1.807) is 0 Å². The van der Waals surface area contributed by atoms with Crippen LogP contribution in [0.5, 0.6) is 0 Å². The minimum Gasteiger partial charge on any atom is -0.381 e. The fraction of sp³-hybridized carbons (Fsp3) is 1.00. The van der Waals surface area contributed by atoms with Crippen molar-refractivity contribution in [3.05, 3.63) is 0 Å². The lowest BCUT2D eigenvalue weighted by molar-refractivity contribution is 0.0624. The van der Waals surface area contributed by atoms with Gasteiger partial charge in [0, 0.05) is 25.3 Å². The molecule has 0 radical (unpaired) electrons. The lowest BCUT2D eigenvalue weighted by atomic mass is 9.89. The maximum atomic E-state index is 12.5. The molecule has 0 atom stereocenters. The van der Waals surface area contributed by atoms with E-state index in [4.69, 9.17) is 4.74 Å². The number of nitrogens with one attached hydrogen (secondary N) is 1. The zero-order valence-electron chi connectivity index (χ0n) is 7.67. The molecule has 2 rings (SSSR count). The molecular weight excluding hydrogens is 193 g/mol. The third-order valence-corrected chi connectivity index (χ3v) is 2.77. The highest BCUT2D eigenvalue weighted by Crippen LogP contribution is 2.24. The monoisotopic (exact) mass is 209 g/mol. The summed E-state index contributed by atoms with van der Waals surface area (Å²) in [7, 11) is 0. The van der Waals surface area contributed by atoms with Crippen LogP contribution in [0.25, 0.3) is 0 Å². The second kappa shape index (κ2) is 5.13. The SMILES string of the molecule is Cl.FC1CC(NC2CCOCC2)C1. The number of halogens is 2. The Morgan fingerprint density at radius 2 is 1.69 bits per heavy atom. The molecule has 1 aliphatic carbocycles. The van der Waals surface area contributed by atoms with Crippen LogP contribution in [0.2, 0.25) is 0 Å². The zero-order chi connectivity index (χ0) is 8.39. The van der Waals surface area contributed by atoms with Gasteiger partial charge in [0.15, 0.2) is 0 Å². The highest BCUT2D eigenvalue weighted by Gasteiger charge is 2.30. The van der Waals surface area contributed by atoms with Crippen LogP contribution in [-0.2, 0) is 4.74 Å². The molecule has 1 N–H and O–H groups in total. The van der Waals surface area contributed by atoms with Crippen LogP contribution in [0.15, 0.2) is 0 Å². The predicted octanol–water partition coefficient (Wildman–Crippen LogP) is 1.68. The molecule has 1 saturated heterocycles. The fourth-order valence-corrected chi connectivity index (χ4v) is 1.88. The van der Waals surface area contributed by atoms with Crippen LogP contribution in [-0.4, -0.2) is 31.5 Å². The molecule has 1 saturated carbocycles. The van der Waals surface area contributed by atoms with E-state index in [0.29, 0.717) is 12.1 Å². The van der Waals surface area contributed by atoms with Gasteiger partial charge in [-0.1, -0.05) is 0 Å². The van der Waals surface area contributed by atoms with Gasteiger partial charge in [0.2, 0.25) is 0 Å². The molecule has 0 unspecified atom stereocenters. The van der Waals surface area contributed by atoms with Gasteiger partial charge in [-0.15, -0.1) is 12.4 Å². The first-order valence-corrected chi connectivity index (χ1v) is 4.82. The van der Waals surface area contributed by atoms with Crippen molar-refractivity contribution in [2.45, 2.75) is 43.9 Å². The largest absolute Gasteiger partial charge is 0.381 e. The van der Waals surface area contributed by atoms with Gasteiger partial charge in [-0.25, -0.2) is 4.39 Å². The number of hydrogen-bond donors (Lipinski definition) is 1. The molecule has 0 aromatic heterocycles. The predicted molar refractivity (Wildman–Crippen MR) is 52.1 cm³/mol. The summed E-state index contributed by atoms with van der Waals surface area (Å²) in [6, 6.07) is 1.03. The van der Waals surface area contributed by atoms with E-state index >= 15 is 0 Å². The third kappa shape index (κ3) is 3.08. The molecule has 2 nitrogen and oxygen atoms in total. The quantitative estimate of drug-likeness (QED) is 0.747. The first-order valence-electron chi connectivity index (χ1n) is 4.82. The van der Waals surface area contributed by atoms with Crippen molar-refractivity contribution in [1.29, 1.82) is 0 Å². The van der Waals surface area contributed by atoms with Crippen molar-refractivity contribution in [3.63, 3.8) is 0 Å². The summed E-state index contributed by atoms with van der Waals surface area (Å²) in [5, 5.41) is 3.47. The number of ether oxygens (including phenoxy) is 1. The van der Waals surface area contributed by atoms with Crippen molar-refractivity contribution in [2.75, 3.05) is 13.2 Å². The molecule has 1 heterocycles. The molecule has 4 heteroatoms. The summed E-state index contributed by atoms with van der Waals surface area (Å²) in [4.78, 5) is 0. The maximum Gasteiger partial charge on any atom is 0.103 e. The molecule has 0 spiro atoms. The lowest BCUT2D eigenvalue weighted by Crippen LogP contribution is -2.48. The molecular formula is C9H17ClFNO. The highest BCUT2D eigenvalue weighted by atomic mass is 35.5. The van der Waals surface area contributed by atoms with Crippen molar-refractivity contribution in [3.8, 4) is 0 Å². The summed E-state index contributed by atoms with van der Waals surface area (Å²) < 4.78 is 17.7. The van der Waals surface area contributed by atoms with Crippen LogP contribution < -0.4 is 5.32 Å². The number of alkyl halides is 1. The Hall–Kier alpha value is 0.140. The second-order valence-corrected chi connectivity index (χ2v) is 3.82. The highest BCUT2D eigenvalue weighted by molar-refractivity contribution is 5.85. The van der Waals surface area contributed by atoms with Crippen LogP contribution in [0, 0.1) is 0 Å². The van der Waals surface area contributed by atoms with Crippen molar-refractivity contribution >= 4 is 12.4 Å². The van der Waals surface area contributed by atoms with E-state index in [0.717, 1.165) is 38.9 Å². The molecule has 0 aromatic carbocycles. The van der Waals surface area contributed by atoms with Gasteiger partial charge >= 0.3 is 0 Å². The van der Waals surface area contributed by atoms with Gasteiger partial charge in [0.1, 0.15) is 6.17 Å². The minimum absolute atomic E-state index is 0. The van der Waals surface area contributed by atoms with Crippen molar-refractivity contribution < 1.29 is 9.13 Å². The van der Waals surface area contributed by atoms with E-state index in [2.05, 4.69) is 5.32 Å². The Morgan fingerprint density at radius 1 is 1.08 bits per heavy atom. The maximum absolute atomic E-state index is 12.5. The molecule has 0 amide bonds. The van der Waals surface area contributed by atoms with Gasteiger partial charge in [-0.2, -0.15) is 0 Å². The minimum atomic E-state index is -0.539. The van der Waals surface area contributed by atoms with Gasteiger partial charge in [0.25, 0.3) is 0 Å². The average molecular weight is 210 g/mol. The number of hydrogen-bond acceptors (Lipinski definition) is 2. The molecule has 2 aliphatic rings. The molecule has 78 valence electrons. The Balaban J connectivity index is 0.000000845. The number of rotatable bonds is 2. The Labute approximate surface area is 84.6 Å². The smallest absolute Gasteiger partial charge is 0.103 e. The topological polar surface area (TPSA) is 21.3 Å². The Bertz CT molecular complexity index is 147. The van der Waals surface area contributed by atoms with Crippen LogP contribution >= 0.6 is 12.4 Å². The Kier molecular flexibility index (Phi) is 4.42. The van der Waals surface area contributed by atoms with Crippen LogP contribution in [0.3, 0.4) is 0 Å². The molecule has 0 aromatic rings. The fourth-order valence-electron chi connectivity index (χ4n) is 1.88. The van der Waals surface area contributed by atoms with Crippen molar-refractivity contribution in [1.82, 2.24) is 5.32 Å². The summed E-state index contributed by atoms with van der Waals surface area (Å²) in [6.45, 7) is 1.73. The molecule has 2 fully saturated rings. The second-order valence-electron chi connectivity index (χ2n) is 3.82. The third-order valence-electron chi connectivity index (χ3n) is 2.77. The average Bonchev–Trinajstić information content (AvgIpc) is 2.04. The van der Waals surface area contributed by atoms with Crippen LogP contribution in [0.1, 0.15) is 25.7 Å². The van der Waals surface area contributed by atoms with Gasteiger partial charge in [-0.05, 0) is 25.7 Å². The summed E-state index contributed by atoms with van der Waals surface area (Å²) in [6.07, 6.45) is 3.08. The lowest BCUT2D eigenvalue weighted by Gasteiger charge is -2.35. The van der Waals surface area contributed by atoms with Crippen LogP contribution in [0.4, 0.5) is 4.39 Å². The van der Waals surface area contributed by atoms with Crippen molar-refractivity contribution in [2.24, 2.45) is 0 Å². The molecule has 13 heavy (non-hydrogen) atoms. The first kappa shape index (κ1) is 11.2.